The van der Waals surface area contributed by atoms with Crippen LogP contribution in [0.5, 0.6) is 5.75 Å². The maximum absolute atomic E-state index is 10.6. The maximum atomic E-state index is 10.6. The lowest BCUT2D eigenvalue weighted by atomic mass is 10.1. The van der Waals surface area contributed by atoms with E-state index in [0.717, 1.165) is 4.90 Å². The number of hydrogen-bond acceptors (Lipinski definition) is 4. The van der Waals surface area contributed by atoms with Gasteiger partial charge in [-0.2, -0.15) is 0 Å². The van der Waals surface area contributed by atoms with Crippen LogP contribution < -0.4 is 4.74 Å². The van der Waals surface area contributed by atoms with E-state index in [4.69, 9.17) is 9.84 Å². The molecule has 0 aliphatic carbocycles. The van der Waals surface area contributed by atoms with E-state index in [-0.39, 0.29) is 0 Å². The third-order valence-electron chi connectivity index (χ3n) is 1.96. The number of rotatable bonds is 4. The Balaban J connectivity index is 3.07. The molecule has 0 saturated carbocycles. The van der Waals surface area contributed by atoms with E-state index in [1.165, 1.54) is 24.9 Å². The third-order valence-corrected chi connectivity index (χ3v) is 2.73. The summed E-state index contributed by atoms with van der Waals surface area (Å²) < 4.78 is 5.08. The monoisotopic (exact) mass is 228 g/mol. The largest absolute Gasteiger partial charge is 0.496 e. The number of carboxylic acid groups (broad SMARTS) is 1. The maximum Gasteiger partial charge on any atom is 0.337 e. The highest BCUT2D eigenvalue weighted by Crippen LogP contribution is 2.30. The first-order valence-electron chi connectivity index (χ1n) is 4.23. The van der Waals surface area contributed by atoms with Crippen LogP contribution in [0.4, 0.5) is 0 Å². The van der Waals surface area contributed by atoms with Gasteiger partial charge in [0.2, 0.25) is 0 Å². The highest BCUT2D eigenvalue weighted by molar-refractivity contribution is 7.98. The van der Waals surface area contributed by atoms with E-state index in [1.807, 2.05) is 6.26 Å². The van der Waals surface area contributed by atoms with Crippen LogP contribution in [-0.2, 0) is 4.79 Å². The van der Waals surface area contributed by atoms with Crippen molar-refractivity contribution in [3.8, 4) is 5.75 Å². The number of aliphatic hydroxyl groups excluding tert-OH is 1. The number of hydrogen-bond donors (Lipinski definition) is 2. The SMILES string of the molecule is COc1cc(C(O)C(=O)O)ccc1SC. The first-order chi connectivity index (χ1) is 7.10. The summed E-state index contributed by atoms with van der Waals surface area (Å²) in [4.78, 5) is 11.5. The fraction of sp³-hybridized carbons (Fsp3) is 0.300. The molecule has 15 heavy (non-hydrogen) atoms. The minimum atomic E-state index is -1.50. The van der Waals surface area contributed by atoms with E-state index < -0.39 is 12.1 Å². The van der Waals surface area contributed by atoms with Crippen LogP contribution in [0.2, 0.25) is 0 Å². The molecule has 1 aromatic carbocycles. The lowest BCUT2D eigenvalue weighted by Gasteiger charge is -2.10. The first kappa shape index (κ1) is 11.9. The zero-order valence-electron chi connectivity index (χ0n) is 8.43. The van der Waals surface area contributed by atoms with Crippen LogP contribution in [0.1, 0.15) is 11.7 Å². The van der Waals surface area contributed by atoms with Gasteiger partial charge in [0, 0.05) is 4.90 Å². The number of ether oxygens (including phenoxy) is 1. The molecule has 0 spiro atoms. The Bertz CT molecular complexity index is 364. The van der Waals surface area contributed by atoms with Gasteiger partial charge in [0.05, 0.1) is 7.11 Å². The average Bonchev–Trinajstić information content (AvgIpc) is 2.26. The Labute approximate surface area is 91.9 Å². The van der Waals surface area contributed by atoms with Crippen molar-refractivity contribution in [2.24, 2.45) is 0 Å². The van der Waals surface area contributed by atoms with Gasteiger partial charge >= 0.3 is 5.97 Å². The van der Waals surface area contributed by atoms with Gasteiger partial charge in [0.25, 0.3) is 0 Å². The molecular weight excluding hydrogens is 216 g/mol. The number of carboxylic acids is 1. The summed E-state index contributed by atoms with van der Waals surface area (Å²) in [5.74, 6) is -0.700. The Morgan fingerprint density at radius 1 is 1.53 bits per heavy atom. The van der Waals surface area contributed by atoms with Crippen molar-refractivity contribution in [3.05, 3.63) is 23.8 Å². The van der Waals surface area contributed by atoms with Gasteiger partial charge in [-0.05, 0) is 24.0 Å². The molecule has 0 radical (unpaired) electrons. The summed E-state index contributed by atoms with van der Waals surface area (Å²) in [7, 11) is 1.51. The van der Waals surface area contributed by atoms with Crippen LogP contribution in [0.3, 0.4) is 0 Å². The number of aliphatic hydroxyl groups is 1. The van der Waals surface area contributed by atoms with Gasteiger partial charge in [0.1, 0.15) is 5.75 Å². The smallest absolute Gasteiger partial charge is 0.337 e. The number of carbonyl (C=O) groups is 1. The second-order valence-electron chi connectivity index (χ2n) is 2.86. The van der Waals surface area contributed by atoms with Crippen molar-refractivity contribution in [2.75, 3.05) is 13.4 Å². The second kappa shape index (κ2) is 5.04. The Hall–Kier alpha value is -1.20. The fourth-order valence-corrected chi connectivity index (χ4v) is 1.71. The standard InChI is InChI=1S/C10H12O4S/c1-14-7-5-6(9(11)10(12)13)3-4-8(7)15-2/h3-5,9,11H,1-2H3,(H,12,13). The molecular formula is C10H12O4S. The van der Waals surface area contributed by atoms with Crippen molar-refractivity contribution in [1.29, 1.82) is 0 Å². The number of benzene rings is 1. The minimum absolute atomic E-state index is 0.317. The topological polar surface area (TPSA) is 66.8 Å². The van der Waals surface area contributed by atoms with Crippen molar-refractivity contribution in [2.45, 2.75) is 11.0 Å². The number of aliphatic carboxylic acids is 1. The predicted molar refractivity (Wildman–Crippen MR) is 57.4 cm³/mol. The second-order valence-corrected chi connectivity index (χ2v) is 3.70. The molecule has 0 amide bonds. The molecule has 0 bridgehead atoms. The van der Waals surface area contributed by atoms with Crippen LogP contribution in [0.25, 0.3) is 0 Å². The molecule has 0 heterocycles. The summed E-state index contributed by atoms with van der Waals surface area (Å²) in [6.07, 6.45) is 0.389. The zero-order chi connectivity index (χ0) is 11.4. The molecule has 0 saturated heterocycles. The van der Waals surface area contributed by atoms with E-state index in [2.05, 4.69) is 0 Å². The number of thioether (sulfide) groups is 1. The van der Waals surface area contributed by atoms with Crippen molar-refractivity contribution >= 4 is 17.7 Å². The van der Waals surface area contributed by atoms with Gasteiger partial charge in [-0.25, -0.2) is 4.79 Å². The van der Waals surface area contributed by atoms with E-state index in [1.54, 1.807) is 12.1 Å². The molecule has 5 heteroatoms. The van der Waals surface area contributed by atoms with Gasteiger partial charge in [0.15, 0.2) is 6.10 Å². The summed E-state index contributed by atoms with van der Waals surface area (Å²) in [6, 6.07) is 4.84. The van der Waals surface area contributed by atoms with Crippen molar-refractivity contribution in [1.82, 2.24) is 0 Å². The Kier molecular flexibility index (Phi) is 3.99. The highest BCUT2D eigenvalue weighted by Gasteiger charge is 2.17. The quantitative estimate of drug-likeness (QED) is 0.765. The van der Waals surface area contributed by atoms with Crippen LogP contribution in [0.15, 0.2) is 23.1 Å². The van der Waals surface area contributed by atoms with E-state index in [9.17, 15) is 9.90 Å². The first-order valence-corrected chi connectivity index (χ1v) is 5.45. The molecule has 4 nitrogen and oxygen atoms in total. The van der Waals surface area contributed by atoms with Gasteiger partial charge in [-0.1, -0.05) is 6.07 Å². The van der Waals surface area contributed by atoms with E-state index in [0.29, 0.717) is 11.3 Å². The Morgan fingerprint density at radius 3 is 2.67 bits per heavy atom. The Morgan fingerprint density at radius 2 is 2.20 bits per heavy atom. The molecule has 0 fully saturated rings. The normalized spacial score (nSPS) is 12.2. The summed E-state index contributed by atoms with van der Waals surface area (Å²) in [5, 5.41) is 17.9. The molecule has 0 aromatic heterocycles. The number of methoxy groups -OCH3 is 1. The molecule has 0 aliphatic heterocycles. The molecule has 82 valence electrons. The summed E-state index contributed by atoms with van der Waals surface area (Å²) in [5.41, 5.74) is 0.317. The van der Waals surface area contributed by atoms with E-state index >= 15 is 0 Å². The highest BCUT2D eigenvalue weighted by atomic mass is 32.2. The molecule has 1 unspecified atom stereocenters. The molecule has 1 atom stereocenters. The van der Waals surface area contributed by atoms with Gasteiger partial charge in [-0.15, -0.1) is 11.8 Å². The lowest BCUT2D eigenvalue weighted by molar-refractivity contribution is -0.146. The van der Waals surface area contributed by atoms with Crippen LogP contribution in [-0.4, -0.2) is 29.5 Å². The van der Waals surface area contributed by atoms with Gasteiger partial charge in [-0.3, -0.25) is 0 Å². The fourth-order valence-electron chi connectivity index (χ4n) is 1.17. The summed E-state index contributed by atoms with van der Waals surface area (Å²) >= 11 is 1.49. The van der Waals surface area contributed by atoms with Crippen molar-refractivity contribution in [3.63, 3.8) is 0 Å². The third kappa shape index (κ3) is 2.64. The minimum Gasteiger partial charge on any atom is -0.496 e. The summed E-state index contributed by atoms with van der Waals surface area (Å²) in [6.45, 7) is 0. The van der Waals surface area contributed by atoms with Crippen LogP contribution in [0, 0.1) is 0 Å². The zero-order valence-corrected chi connectivity index (χ0v) is 9.25. The predicted octanol–water partition coefficient (Wildman–Crippen LogP) is 1.54. The van der Waals surface area contributed by atoms with Gasteiger partial charge < -0.3 is 14.9 Å². The molecule has 1 aromatic rings. The lowest BCUT2D eigenvalue weighted by Crippen LogP contribution is -2.10. The molecule has 1 rings (SSSR count). The average molecular weight is 228 g/mol. The van der Waals surface area contributed by atoms with Crippen LogP contribution >= 0.6 is 11.8 Å². The van der Waals surface area contributed by atoms with Crippen molar-refractivity contribution < 1.29 is 19.7 Å². The molecule has 2 N–H and O–H groups in total. The molecule has 0 aliphatic rings.